The maximum absolute atomic E-state index is 12.1. The highest BCUT2D eigenvalue weighted by molar-refractivity contribution is 6.34. The normalized spacial score (nSPS) is 10.1. The number of hydrogen-bond donors (Lipinski definition) is 0. The van der Waals surface area contributed by atoms with Gasteiger partial charge in [-0.3, -0.25) is 9.59 Å². The molecule has 0 aromatic carbocycles. The molecule has 0 N–H and O–H groups in total. The molecule has 0 saturated heterocycles. The molecule has 1 aromatic heterocycles. The molecule has 0 saturated carbocycles. The Morgan fingerprint density at radius 1 is 1.37 bits per heavy atom. The van der Waals surface area contributed by atoms with E-state index in [1.807, 2.05) is 0 Å². The Morgan fingerprint density at radius 2 is 2.05 bits per heavy atom. The number of aromatic nitrogens is 1. The van der Waals surface area contributed by atoms with Crippen molar-refractivity contribution in [3.05, 3.63) is 28.0 Å². The number of pyridine rings is 1. The van der Waals surface area contributed by atoms with E-state index in [-0.39, 0.29) is 34.8 Å². The fourth-order valence-corrected chi connectivity index (χ4v) is 1.68. The van der Waals surface area contributed by atoms with Gasteiger partial charge in [-0.15, -0.1) is 0 Å². The van der Waals surface area contributed by atoms with E-state index in [9.17, 15) is 9.59 Å². The second kappa shape index (κ2) is 7.31. The van der Waals surface area contributed by atoms with Crippen LogP contribution in [0.5, 0.6) is 0 Å². The third-order valence-corrected chi connectivity index (χ3v) is 2.83. The maximum atomic E-state index is 12.1. The van der Waals surface area contributed by atoms with Crippen molar-refractivity contribution >= 4 is 35.1 Å². The van der Waals surface area contributed by atoms with Crippen molar-refractivity contribution in [1.82, 2.24) is 9.88 Å². The number of halogens is 2. The molecule has 1 amide bonds. The van der Waals surface area contributed by atoms with E-state index in [1.165, 1.54) is 17.0 Å². The average molecular weight is 305 g/mol. The van der Waals surface area contributed by atoms with Gasteiger partial charge in [0, 0.05) is 13.6 Å². The van der Waals surface area contributed by atoms with E-state index in [2.05, 4.69) is 4.98 Å². The Bertz CT molecular complexity index is 480. The highest BCUT2D eigenvalue weighted by Gasteiger charge is 2.18. The SMILES string of the molecule is CCOC(=O)CCN(C)C(=O)c1nc(Cl)ccc1Cl. The van der Waals surface area contributed by atoms with Crippen LogP contribution in [0.4, 0.5) is 0 Å². The van der Waals surface area contributed by atoms with Gasteiger partial charge in [0.05, 0.1) is 18.1 Å². The summed E-state index contributed by atoms with van der Waals surface area (Å²) in [6.07, 6.45) is 0.119. The number of nitrogens with zero attached hydrogens (tertiary/aromatic N) is 2. The van der Waals surface area contributed by atoms with Gasteiger partial charge in [0.25, 0.3) is 5.91 Å². The largest absolute Gasteiger partial charge is 0.466 e. The number of carbonyl (C=O) groups is 2. The molecule has 0 unspecified atom stereocenters. The van der Waals surface area contributed by atoms with Crippen LogP contribution in [0.25, 0.3) is 0 Å². The molecule has 0 spiro atoms. The van der Waals surface area contributed by atoms with Crippen molar-refractivity contribution in [3.63, 3.8) is 0 Å². The molecule has 5 nitrogen and oxygen atoms in total. The molecule has 1 rings (SSSR count). The Hall–Kier alpha value is -1.33. The van der Waals surface area contributed by atoms with Crippen LogP contribution in [0.15, 0.2) is 12.1 Å². The summed E-state index contributed by atoms with van der Waals surface area (Å²) in [6.45, 7) is 2.27. The molecule has 1 heterocycles. The van der Waals surface area contributed by atoms with E-state index in [0.29, 0.717) is 6.61 Å². The topological polar surface area (TPSA) is 59.5 Å². The van der Waals surface area contributed by atoms with Gasteiger partial charge in [-0.05, 0) is 19.1 Å². The summed E-state index contributed by atoms with van der Waals surface area (Å²) in [4.78, 5) is 28.5. The number of ether oxygens (including phenoxy) is 1. The number of rotatable bonds is 5. The minimum absolute atomic E-state index is 0.0699. The molecule has 1 aromatic rings. The van der Waals surface area contributed by atoms with Gasteiger partial charge >= 0.3 is 5.97 Å². The lowest BCUT2D eigenvalue weighted by molar-refractivity contribution is -0.143. The lowest BCUT2D eigenvalue weighted by Crippen LogP contribution is -2.30. The second-order valence-electron chi connectivity index (χ2n) is 3.75. The van der Waals surface area contributed by atoms with Crippen LogP contribution in [-0.2, 0) is 9.53 Å². The van der Waals surface area contributed by atoms with Gasteiger partial charge in [0.1, 0.15) is 10.8 Å². The summed E-state index contributed by atoms with van der Waals surface area (Å²) in [7, 11) is 1.56. The minimum atomic E-state index is -0.392. The van der Waals surface area contributed by atoms with Crippen molar-refractivity contribution in [2.24, 2.45) is 0 Å². The average Bonchev–Trinajstić information content (AvgIpc) is 2.38. The third-order valence-electron chi connectivity index (χ3n) is 2.32. The summed E-state index contributed by atoms with van der Waals surface area (Å²) in [6, 6.07) is 3.00. The molecule has 19 heavy (non-hydrogen) atoms. The fraction of sp³-hybridized carbons (Fsp3) is 0.417. The number of amides is 1. The molecule has 0 aliphatic rings. The Morgan fingerprint density at radius 3 is 2.68 bits per heavy atom. The first-order valence-electron chi connectivity index (χ1n) is 5.68. The number of carbonyl (C=O) groups excluding carboxylic acids is 2. The van der Waals surface area contributed by atoms with Crippen LogP contribution >= 0.6 is 23.2 Å². The zero-order chi connectivity index (χ0) is 14.4. The highest BCUT2D eigenvalue weighted by Crippen LogP contribution is 2.18. The predicted octanol–water partition coefficient (Wildman–Crippen LogP) is 2.41. The van der Waals surface area contributed by atoms with E-state index >= 15 is 0 Å². The van der Waals surface area contributed by atoms with Crippen LogP contribution < -0.4 is 0 Å². The lowest BCUT2D eigenvalue weighted by atomic mass is 10.3. The molecule has 0 aliphatic heterocycles. The lowest BCUT2D eigenvalue weighted by Gasteiger charge is -2.16. The highest BCUT2D eigenvalue weighted by atomic mass is 35.5. The van der Waals surface area contributed by atoms with Crippen molar-refractivity contribution < 1.29 is 14.3 Å². The van der Waals surface area contributed by atoms with E-state index in [4.69, 9.17) is 27.9 Å². The molecule has 0 atom stereocenters. The minimum Gasteiger partial charge on any atom is -0.466 e. The summed E-state index contributed by atoms with van der Waals surface area (Å²) in [5.74, 6) is -0.746. The van der Waals surface area contributed by atoms with Gasteiger partial charge in [-0.1, -0.05) is 23.2 Å². The fourth-order valence-electron chi connectivity index (χ4n) is 1.34. The summed E-state index contributed by atoms with van der Waals surface area (Å²) >= 11 is 11.6. The van der Waals surface area contributed by atoms with E-state index in [0.717, 1.165) is 0 Å². The second-order valence-corrected chi connectivity index (χ2v) is 4.54. The summed E-state index contributed by atoms with van der Waals surface area (Å²) in [5.41, 5.74) is 0.0699. The van der Waals surface area contributed by atoms with Gasteiger partial charge < -0.3 is 9.64 Å². The zero-order valence-corrected chi connectivity index (χ0v) is 12.2. The number of esters is 1. The van der Waals surface area contributed by atoms with Gasteiger partial charge in [0.15, 0.2) is 0 Å². The smallest absolute Gasteiger partial charge is 0.307 e. The van der Waals surface area contributed by atoms with Crippen molar-refractivity contribution in [2.75, 3.05) is 20.2 Å². The quantitative estimate of drug-likeness (QED) is 0.619. The first-order chi connectivity index (χ1) is 8.95. The Kier molecular flexibility index (Phi) is 6.05. The van der Waals surface area contributed by atoms with Gasteiger partial charge in [0.2, 0.25) is 0 Å². The van der Waals surface area contributed by atoms with Crippen LogP contribution in [-0.4, -0.2) is 42.0 Å². The van der Waals surface area contributed by atoms with E-state index < -0.39 is 5.91 Å². The Balaban J connectivity index is 2.66. The molecular weight excluding hydrogens is 291 g/mol. The molecule has 0 radical (unpaired) electrons. The van der Waals surface area contributed by atoms with Crippen LogP contribution in [0, 0.1) is 0 Å². The summed E-state index contributed by atoms with van der Waals surface area (Å²) in [5, 5.41) is 0.406. The zero-order valence-electron chi connectivity index (χ0n) is 10.7. The standard InChI is InChI=1S/C12H14Cl2N2O3/c1-3-19-10(17)6-7-16(2)12(18)11-8(13)4-5-9(14)15-11/h4-5H,3,6-7H2,1-2H3. The molecule has 0 fully saturated rings. The maximum Gasteiger partial charge on any atom is 0.307 e. The van der Waals surface area contributed by atoms with Crippen molar-refractivity contribution in [3.8, 4) is 0 Å². The van der Waals surface area contributed by atoms with Crippen LogP contribution in [0.1, 0.15) is 23.8 Å². The van der Waals surface area contributed by atoms with Crippen molar-refractivity contribution in [1.29, 1.82) is 0 Å². The molecule has 0 bridgehead atoms. The first-order valence-corrected chi connectivity index (χ1v) is 6.44. The molecule has 0 aliphatic carbocycles. The predicted molar refractivity (Wildman–Crippen MR) is 72.5 cm³/mol. The molecule has 7 heteroatoms. The van der Waals surface area contributed by atoms with Gasteiger partial charge in [-0.25, -0.2) is 4.98 Å². The third kappa shape index (κ3) is 4.69. The summed E-state index contributed by atoms with van der Waals surface area (Å²) < 4.78 is 4.78. The molecule has 104 valence electrons. The van der Waals surface area contributed by atoms with Crippen LogP contribution in [0.2, 0.25) is 10.2 Å². The number of hydrogen-bond acceptors (Lipinski definition) is 4. The van der Waals surface area contributed by atoms with E-state index in [1.54, 1.807) is 14.0 Å². The van der Waals surface area contributed by atoms with Gasteiger partial charge in [-0.2, -0.15) is 0 Å². The monoisotopic (exact) mass is 304 g/mol. The Labute approximate surface area is 121 Å². The first kappa shape index (κ1) is 15.7. The molecular formula is C12H14Cl2N2O3. The van der Waals surface area contributed by atoms with Crippen LogP contribution in [0.3, 0.4) is 0 Å². The van der Waals surface area contributed by atoms with Crippen molar-refractivity contribution in [2.45, 2.75) is 13.3 Å².